The monoisotopic (exact) mass is 278 g/mol. The molecule has 1 fully saturated rings. The number of nitrogens with one attached hydrogen (secondary N) is 1. The van der Waals surface area contributed by atoms with Crippen molar-refractivity contribution in [2.75, 3.05) is 26.7 Å². The first-order valence-corrected chi connectivity index (χ1v) is 7.06. The van der Waals surface area contributed by atoms with Crippen LogP contribution in [-0.2, 0) is 0 Å². The van der Waals surface area contributed by atoms with Crippen LogP contribution >= 0.6 is 0 Å². The lowest BCUT2D eigenvalue weighted by molar-refractivity contribution is 0.0692. The number of rotatable bonds is 4. The van der Waals surface area contributed by atoms with Gasteiger partial charge in [0.1, 0.15) is 0 Å². The standard InChI is InChI=1S/C15H22N2O3/c1-3-16-11-6-5-9-17(10-11)15(19)12-7-4-8-13(20-2)14(12)18/h4,7-8,11,16,18H,3,5-6,9-10H2,1-2H3. The number of hydrogen-bond acceptors (Lipinski definition) is 4. The van der Waals surface area contributed by atoms with E-state index in [0.29, 0.717) is 23.9 Å². The fourth-order valence-electron chi connectivity index (χ4n) is 2.65. The van der Waals surface area contributed by atoms with Crippen LogP contribution in [0.5, 0.6) is 11.5 Å². The number of methoxy groups -OCH3 is 1. The van der Waals surface area contributed by atoms with Crippen LogP contribution in [0.2, 0.25) is 0 Å². The van der Waals surface area contributed by atoms with Gasteiger partial charge in [-0.1, -0.05) is 13.0 Å². The SMILES string of the molecule is CCNC1CCCN(C(=O)c2cccc(OC)c2O)C1. The van der Waals surface area contributed by atoms with E-state index in [4.69, 9.17) is 4.74 Å². The van der Waals surface area contributed by atoms with Crippen molar-refractivity contribution in [2.24, 2.45) is 0 Å². The lowest BCUT2D eigenvalue weighted by atomic mass is 10.0. The molecule has 1 aromatic carbocycles. The fourth-order valence-corrected chi connectivity index (χ4v) is 2.65. The lowest BCUT2D eigenvalue weighted by Crippen LogP contribution is -2.47. The van der Waals surface area contributed by atoms with Gasteiger partial charge in [-0.05, 0) is 31.5 Å². The molecule has 2 N–H and O–H groups in total. The van der Waals surface area contributed by atoms with Crippen LogP contribution in [0.15, 0.2) is 18.2 Å². The van der Waals surface area contributed by atoms with Crippen LogP contribution < -0.4 is 10.1 Å². The number of para-hydroxylation sites is 1. The zero-order valence-corrected chi connectivity index (χ0v) is 12.1. The summed E-state index contributed by atoms with van der Waals surface area (Å²) in [5, 5.41) is 13.4. The number of likely N-dealkylation sites (N-methyl/N-ethyl adjacent to an activating group) is 1. The maximum atomic E-state index is 12.5. The van der Waals surface area contributed by atoms with E-state index < -0.39 is 0 Å². The second-order valence-corrected chi connectivity index (χ2v) is 5.00. The zero-order chi connectivity index (χ0) is 14.5. The Morgan fingerprint density at radius 3 is 3.05 bits per heavy atom. The predicted molar refractivity (Wildman–Crippen MR) is 77.3 cm³/mol. The summed E-state index contributed by atoms with van der Waals surface area (Å²) in [6.45, 7) is 4.38. The van der Waals surface area contributed by atoms with Crippen LogP contribution in [0.4, 0.5) is 0 Å². The molecule has 110 valence electrons. The highest BCUT2D eigenvalue weighted by Crippen LogP contribution is 2.30. The number of likely N-dealkylation sites (tertiary alicyclic amines) is 1. The van der Waals surface area contributed by atoms with Crippen molar-refractivity contribution in [3.8, 4) is 11.5 Å². The number of amides is 1. The van der Waals surface area contributed by atoms with E-state index in [1.165, 1.54) is 7.11 Å². The third kappa shape index (κ3) is 3.04. The van der Waals surface area contributed by atoms with E-state index >= 15 is 0 Å². The maximum Gasteiger partial charge on any atom is 0.257 e. The second kappa shape index (κ2) is 6.61. The number of ether oxygens (including phenoxy) is 1. The first-order chi connectivity index (χ1) is 9.67. The minimum Gasteiger partial charge on any atom is -0.504 e. The van der Waals surface area contributed by atoms with Gasteiger partial charge in [0.15, 0.2) is 11.5 Å². The van der Waals surface area contributed by atoms with Crippen molar-refractivity contribution < 1.29 is 14.6 Å². The quantitative estimate of drug-likeness (QED) is 0.878. The van der Waals surface area contributed by atoms with Gasteiger partial charge in [0.05, 0.1) is 12.7 Å². The van der Waals surface area contributed by atoms with E-state index in [1.54, 1.807) is 23.1 Å². The van der Waals surface area contributed by atoms with Crippen molar-refractivity contribution >= 4 is 5.91 Å². The number of nitrogens with zero attached hydrogens (tertiary/aromatic N) is 1. The van der Waals surface area contributed by atoms with E-state index in [0.717, 1.165) is 25.9 Å². The molecule has 5 nitrogen and oxygen atoms in total. The molecular formula is C15H22N2O3. The normalized spacial score (nSPS) is 18.9. The topological polar surface area (TPSA) is 61.8 Å². The van der Waals surface area contributed by atoms with Gasteiger partial charge in [-0.15, -0.1) is 0 Å². The molecule has 1 aliphatic heterocycles. The van der Waals surface area contributed by atoms with Gasteiger partial charge in [-0.2, -0.15) is 0 Å². The van der Waals surface area contributed by atoms with Crippen LogP contribution in [0.25, 0.3) is 0 Å². The van der Waals surface area contributed by atoms with Gasteiger partial charge >= 0.3 is 0 Å². The minimum absolute atomic E-state index is 0.0782. The van der Waals surface area contributed by atoms with Gasteiger partial charge in [-0.25, -0.2) is 0 Å². The number of carbonyl (C=O) groups excluding carboxylic acids is 1. The summed E-state index contributed by atoms with van der Waals surface area (Å²) in [6, 6.07) is 5.34. The molecule has 0 aliphatic carbocycles. The molecule has 1 saturated heterocycles. The number of carbonyl (C=O) groups is 1. The van der Waals surface area contributed by atoms with Crippen molar-refractivity contribution in [1.29, 1.82) is 0 Å². The van der Waals surface area contributed by atoms with E-state index in [-0.39, 0.29) is 11.7 Å². The molecule has 0 radical (unpaired) electrons. The summed E-state index contributed by atoms with van der Waals surface area (Å²) < 4.78 is 5.05. The summed E-state index contributed by atoms with van der Waals surface area (Å²) in [5.41, 5.74) is 0.307. The molecule has 1 heterocycles. The third-order valence-corrected chi connectivity index (χ3v) is 3.65. The molecular weight excluding hydrogens is 256 g/mol. The molecule has 20 heavy (non-hydrogen) atoms. The van der Waals surface area contributed by atoms with Crippen LogP contribution in [0.1, 0.15) is 30.1 Å². The molecule has 1 aliphatic rings. The molecule has 1 aromatic rings. The van der Waals surface area contributed by atoms with E-state index in [2.05, 4.69) is 12.2 Å². The van der Waals surface area contributed by atoms with Crippen molar-refractivity contribution in [2.45, 2.75) is 25.8 Å². The fraction of sp³-hybridized carbons (Fsp3) is 0.533. The minimum atomic E-state index is -0.135. The summed E-state index contributed by atoms with van der Waals surface area (Å²) in [7, 11) is 1.48. The lowest BCUT2D eigenvalue weighted by Gasteiger charge is -2.33. The van der Waals surface area contributed by atoms with E-state index in [1.807, 2.05) is 0 Å². The van der Waals surface area contributed by atoms with E-state index in [9.17, 15) is 9.90 Å². The molecule has 0 spiro atoms. The summed E-state index contributed by atoms with van der Waals surface area (Å²) in [5.74, 6) is 0.116. The van der Waals surface area contributed by atoms with Crippen LogP contribution in [-0.4, -0.2) is 48.7 Å². The second-order valence-electron chi connectivity index (χ2n) is 5.00. The Morgan fingerprint density at radius 1 is 1.55 bits per heavy atom. The number of phenolic OH excluding ortho intramolecular Hbond substituents is 1. The molecule has 5 heteroatoms. The molecule has 0 saturated carbocycles. The van der Waals surface area contributed by atoms with Gasteiger partial charge in [0, 0.05) is 19.1 Å². The number of aromatic hydroxyl groups is 1. The van der Waals surface area contributed by atoms with Crippen molar-refractivity contribution in [3.05, 3.63) is 23.8 Å². The molecule has 0 bridgehead atoms. The van der Waals surface area contributed by atoms with Gasteiger partial charge in [-0.3, -0.25) is 4.79 Å². The summed E-state index contributed by atoms with van der Waals surface area (Å²) in [6.07, 6.45) is 2.07. The Morgan fingerprint density at radius 2 is 2.35 bits per heavy atom. The predicted octanol–water partition coefficient (Wildman–Crippen LogP) is 1.61. The van der Waals surface area contributed by atoms with Crippen LogP contribution in [0.3, 0.4) is 0 Å². The smallest absolute Gasteiger partial charge is 0.257 e. The Balaban J connectivity index is 2.14. The first kappa shape index (κ1) is 14.7. The Hall–Kier alpha value is -1.75. The highest BCUT2D eigenvalue weighted by Gasteiger charge is 2.26. The first-order valence-electron chi connectivity index (χ1n) is 7.06. The molecule has 1 amide bonds. The molecule has 1 atom stereocenters. The van der Waals surface area contributed by atoms with Crippen molar-refractivity contribution in [1.82, 2.24) is 10.2 Å². The largest absolute Gasteiger partial charge is 0.504 e. The average molecular weight is 278 g/mol. The highest BCUT2D eigenvalue weighted by atomic mass is 16.5. The number of phenols is 1. The summed E-state index contributed by atoms with van der Waals surface area (Å²) in [4.78, 5) is 14.3. The number of piperidine rings is 1. The summed E-state index contributed by atoms with van der Waals surface area (Å²) >= 11 is 0. The van der Waals surface area contributed by atoms with Gasteiger partial charge < -0.3 is 20.1 Å². The van der Waals surface area contributed by atoms with Gasteiger partial charge in [0.2, 0.25) is 0 Å². The maximum absolute atomic E-state index is 12.5. The van der Waals surface area contributed by atoms with Crippen LogP contribution in [0, 0.1) is 0 Å². The van der Waals surface area contributed by atoms with Crippen molar-refractivity contribution in [3.63, 3.8) is 0 Å². The third-order valence-electron chi connectivity index (χ3n) is 3.65. The Kier molecular flexibility index (Phi) is 4.84. The average Bonchev–Trinajstić information content (AvgIpc) is 2.47. The zero-order valence-electron chi connectivity index (χ0n) is 12.1. The molecule has 0 aromatic heterocycles. The Bertz CT molecular complexity index is 474. The van der Waals surface area contributed by atoms with Gasteiger partial charge in [0.25, 0.3) is 5.91 Å². The molecule has 2 rings (SSSR count). The number of hydrogen-bond donors (Lipinski definition) is 2. The molecule has 1 unspecified atom stereocenters. The highest BCUT2D eigenvalue weighted by molar-refractivity contribution is 5.97. The Labute approximate surface area is 119 Å². The number of benzene rings is 1.